The second-order valence-corrected chi connectivity index (χ2v) is 14.1. The van der Waals surface area contributed by atoms with E-state index in [2.05, 4.69) is 91.8 Å². The number of hydrogen-bond acceptors (Lipinski definition) is 2. The normalized spacial score (nSPS) is 14.6. The van der Waals surface area contributed by atoms with Crippen LogP contribution in [-0.4, -0.2) is 11.3 Å². The average Bonchev–Trinajstić information content (AvgIpc) is 2.81. The first kappa shape index (κ1) is 28.1. The van der Waals surface area contributed by atoms with Crippen LogP contribution in [0.4, 0.5) is 5.69 Å². The van der Waals surface area contributed by atoms with Gasteiger partial charge in [0.05, 0.1) is 5.69 Å². The molecule has 2 nitrogen and oxygen atoms in total. The number of nitrogens with zero attached hydrogens (tertiary/aromatic N) is 1. The van der Waals surface area contributed by atoms with Crippen molar-refractivity contribution < 1.29 is 5.11 Å². The van der Waals surface area contributed by atoms with E-state index >= 15 is 0 Å². The van der Waals surface area contributed by atoms with E-state index in [1.165, 1.54) is 10.9 Å². The van der Waals surface area contributed by atoms with Crippen molar-refractivity contribution >= 4 is 25.8 Å². The van der Waals surface area contributed by atoms with Crippen LogP contribution in [0.25, 0.3) is 0 Å². The lowest BCUT2D eigenvalue weighted by atomic mass is 9.77. The second kappa shape index (κ2) is 11.3. The smallest absolute Gasteiger partial charge is 0.123 e. The minimum absolute atomic E-state index is 0.00250. The van der Waals surface area contributed by atoms with Crippen molar-refractivity contribution in [3.8, 4) is 5.75 Å². The molecule has 0 saturated heterocycles. The highest BCUT2D eigenvalue weighted by Crippen LogP contribution is 2.51. The quantitative estimate of drug-likeness (QED) is 0.242. The molecule has 1 N–H and O–H groups in total. The van der Waals surface area contributed by atoms with Gasteiger partial charge in [0.25, 0.3) is 0 Å². The van der Waals surface area contributed by atoms with E-state index in [-0.39, 0.29) is 16.0 Å². The molecule has 0 aromatic heterocycles. The zero-order valence-electron chi connectivity index (χ0n) is 23.4. The van der Waals surface area contributed by atoms with E-state index in [1.54, 1.807) is 0 Å². The maximum Gasteiger partial charge on any atom is 0.123 e. The zero-order valence-corrected chi connectivity index (χ0v) is 24.4. The molecule has 0 spiro atoms. The average molecular weight is 502 g/mol. The Hall–Kier alpha value is -2.44. The molecule has 36 heavy (non-hydrogen) atoms. The predicted octanol–water partition coefficient (Wildman–Crippen LogP) is 9.15. The number of unbranched alkanes of at least 4 members (excludes halogenated alkanes) is 1. The van der Waals surface area contributed by atoms with Crippen LogP contribution in [0.3, 0.4) is 0 Å². The predicted molar refractivity (Wildman–Crippen MR) is 160 cm³/mol. The molecule has 3 rings (SSSR count). The molecular formula is C33H44NOP. The van der Waals surface area contributed by atoms with E-state index in [9.17, 15) is 5.11 Å². The van der Waals surface area contributed by atoms with E-state index in [0.29, 0.717) is 14.3 Å². The van der Waals surface area contributed by atoms with Crippen LogP contribution in [0, 0.1) is 0 Å². The molecular weight excluding hydrogens is 457 g/mol. The molecule has 0 bridgehead atoms. The molecule has 0 heterocycles. The topological polar surface area (TPSA) is 32.6 Å². The Morgan fingerprint density at radius 1 is 0.806 bits per heavy atom. The third-order valence-electron chi connectivity index (χ3n) is 6.89. The highest BCUT2D eigenvalue weighted by Gasteiger charge is 2.34. The van der Waals surface area contributed by atoms with Gasteiger partial charge in [-0.3, -0.25) is 4.99 Å². The lowest BCUT2D eigenvalue weighted by Crippen LogP contribution is -2.25. The molecule has 3 aromatic rings. The van der Waals surface area contributed by atoms with Crippen molar-refractivity contribution in [1.29, 1.82) is 0 Å². The molecule has 2 unspecified atom stereocenters. The summed E-state index contributed by atoms with van der Waals surface area (Å²) in [6.07, 6.45) is 5.26. The molecule has 0 fully saturated rings. The van der Waals surface area contributed by atoms with Crippen LogP contribution < -0.4 is 5.30 Å². The summed E-state index contributed by atoms with van der Waals surface area (Å²) in [5, 5.41) is 12.8. The van der Waals surface area contributed by atoms with Gasteiger partial charge in [-0.15, -0.1) is 0 Å². The summed E-state index contributed by atoms with van der Waals surface area (Å²) in [4.78, 5) is 4.74. The summed E-state index contributed by atoms with van der Waals surface area (Å²) in [6.45, 7) is 18.0. The Balaban J connectivity index is 2.14. The molecule has 3 heteroatoms. The molecule has 0 aliphatic rings. The van der Waals surface area contributed by atoms with Crippen LogP contribution in [0.1, 0.15) is 96.9 Å². The molecule has 192 valence electrons. The fourth-order valence-electron chi connectivity index (χ4n) is 4.53. The first-order valence-corrected chi connectivity index (χ1v) is 14.2. The summed E-state index contributed by atoms with van der Waals surface area (Å²) < 4.78 is 0. The molecule has 0 aliphatic carbocycles. The SMILES string of the molecule is CCCCC(C)(Pc1ccccc1C=Nc1ccccc1)c1cc(C(C)(C)C)cc(C(C)(C)C)c1O. The van der Waals surface area contributed by atoms with Gasteiger partial charge in [0, 0.05) is 22.5 Å². The number of rotatable bonds is 8. The highest BCUT2D eigenvalue weighted by atomic mass is 31.1. The van der Waals surface area contributed by atoms with E-state index in [4.69, 9.17) is 4.99 Å². The molecule has 0 aliphatic heterocycles. The Bertz CT molecular complexity index is 1180. The largest absolute Gasteiger partial charge is 0.507 e. The van der Waals surface area contributed by atoms with Gasteiger partial charge in [-0.25, -0.2) is 0 Å². The van der Waals surface area contributed by atoms with Crippen molar-refractivity contribution in [2.75, 3.05) is 0 Å². The maximum absolute atomic E-state index is 11.7. The van der Waals surface area contributed by atoms with Gasteiger partial charge >= 0.3 is 0 Å². The van der Waals surface area contributed by atoms with E-state index < -0.39 is 0 Å². The molecule has 0 saturated carbocycles. The monoisotopic (exact) mass is 501 g/mol. The van der Waals surface area contributed by atoms with Gasteiger partial charge in [-0.2, -0.15) is 0 Å². The van der Waals surface area contributed by atoms with Gasteiger partial charge in [0.1, 0.15) is 5.75 Å². The summed E-state index contributed by atoms with van der Waals surface area (Å²) in [7, 11) is 0.507. The van der Waals surface area contributed by atoms with Crippen molar-refractivity contribution in [3.63, 3.8) is 0 Å². The summed E-state index contributed by atoms with van der Waals surface area (Å²) in [5.41, 5.74) is 5.36. The molecule has 3 aromatic carbocycles. The number of phenolic OH excluding ortho intramolecular Hbond substituents is 1. The minimum Gasteiger partial charge on any atom is -0.507 e. The van der Waals surface area contributed by atoms with E-state index in [1.807, 2.05) is 36.5 Å². The molecule has 0 radical (unpaired) electrons. The number of para-hydroxylation sites is 1. The highest BCUT2D eigenvalue weighted by molar-refractivity contribution is 7.48. The Morgan fingerprint density at radius 3 is 2.03 bits per heavy atom. The first-order valence-electron chi connectivity index (χ1n) is 13.2. The van der Waals surface area contributed by atoms with Gasteiger partial charge in [-0.05, 0) is 45.8 Å². The second-order valence-electron chi connectivity index (χ2n) is 12.2. The number of benzene rings is 3. The molecule has 2 atom stereocenters. The summed E-state index contributed by atoms with van der Waals surface area (Å²) in [5.74, 6) is 0.469. The number of phenols is 1. The van der Waals surface area contributed by atoms with Gasteiger partial charge in [-0.1, -0.05) is 131 Å². The van der Waals surface area contributed by atoms with E-state index in [0.717, 1.165) is 41.6 Å². The lowest BCUT2D eigenvalue weighted by Gasteiger charge is -2.36. The Kier molecular flexibility index (Phi) is 8.84. The van der Waals surface area contributed by atoms with Crippen LogP contribution >= 0.6 is 8.58 Å². The number of aliphatic imine (C=N–C) groups is 1. The van der Waals surface area contributed by atoms with Gasteiger partial charge in [0.15, 0.2) is 0 Å². The minimum atomic E-state index is -0.182. The van der Waals surface area contributed by atoms with Crippen LogP contribution in [0.15, 0.2) is 71.7 Å². The Morgan fingerprint density at radius 2 is 1.42 bits per heavy atom. The fourth-order valence-corrected chi connectivity index (χ4v) is 6.23. The third kappa shape index (κ3) is 6.86. The van der Waals surface area contributed by atoms with Crippen LogP contribution in [0.5, 0.6) is 5.75 Å². The van der Waals surface area contributed by atoms with Gasteiger partial charge < -0.3 is 5.11 Å². The van der Waals surface area contributed by atoms with Crippen molar-refractivity contribution in [2.45, 2.75) is 90.6 Å². The standard InChI is InChI=1S/C33H44NOP/c1-9-10-20-33(8,28-22-25(31(2,3)4)21-27(30(28)35)32(5,6)7)36-29-19-15-14-16-24(29)23-34-26-17-12-11-13-18-26/h11-19,21-23,35-36H,9-10,20H2,1-8H3. The zero-order chi connectivity index (χ0) is 26.6. The maximum atomic E-state index is 11.7. The van der Waals surface area contributed by atoms with Crippen molar-refractivity contribution in [1.82, 2.24) is 0 Å². The number of aromatic hydroxyl groups is 1. The molecule has 0 amide bonds. The van der Waals surface area contributed by atoms with Gasteiger partial charge in [0.2, 0.25) is 0 Å². The summed E-state index contributed by atoms with van der Waals surface area (Å²) >= 11 is 0. The fraction of sp³-hybridized carbons (Fsp3) is 0.424. The van der Waals surface area contributed by atoms with Crippen LogP contribution in [0.2, 0.25) is 0 Å². The summed E-state index contributed by atoms with van der Waals surface area (Å²) in [6, 6.07) is 23.2. The van der Waals surface area contributed by atoms with Crippen LogP contribution in [-0.2, 0) is 16.0 Å². The number of hydrogen-bond donors (Lipinski definition) is 1. The van der Waals surface area contributed by atoms with Crippen molar-refractivity contribution in [3.05, 3.63) is 89.0 Å². The third-order valence-corrected chi connectivity index (χ3v) is 8.68. The lowest BCUT2D eigenvalue weighted by molar-refractivity contribution is 0.425. The first-order chi connectivity index (χ1) is 16.8. The van der Waals surface area contributed by atoms with Crippen molar-refractivity contribution in [2.24, 2.45) is 4.99 Å². The Labute approximate surface area is 221 Å².